The monoisotopic (exact) mass is 311 g/mol. The summed E-state index contributed by atoms with van der Waals surface area (Å²) >= 11 is 0. The van der Waals surface area contributed by atoms with E-state index in [2.05, 4.69) is 43.5 Å². The highest BCUT2D eigenvalue weighted by atomic mass is 16.1. The van der Waals surface area contributed by atoms with Gasteiger partial charge < -0.3 is 16.4 Å². The third-order valence-electron chi connectivity index (χ3n) is 3.75. The van der Waals surface area contributed by atoms with E-state index in [0.29, 0.717) is 17.8 Å². The molecule has 1 atom stereocenters. The van der Waals surface area contributed by atoms with Crippen molar-refractivity contribution >= 4 is 11.6 Å². The second kappa shape index (κ2) is 7.29. The van der Waals surface area contributed by atoms with Crippen LogP contribution in [0.2, 0.25) is 0 Å². The van der Waals surface area contributed by atoms with E-state index in [1.54, 1.807) is 24.3 Å². The highest BCUT2D eigenvalue weighted by Crippen LogP contribution is 2.16. The van der Waals surface area contributed by atoms with E-state index in [1.165, 1.54) is 5.56 Å². The zero-order chi connectivity index (χ0) is 16.9. The van der Waals surface area contributed by atoms with Gasteiger partial charge in [0.25, 0.3) is 5.91 Å². The van der Waals surface area contributed by atoms with Gasteiger partial charge in [-0.3, -0.25) is 4.79 Å². The van der Waals surface area contributed by atoms with Crippen molar-refractivity contribution in [2.24, 2.45) is 0 Å². The average Bonchev–Trinajstić information content (AvgIpc) is 2.53. The molecule has 0 aromatic heterocycles. The zero-order valence-electron chi connectivity index (χ0n) is 14.0. The number of benzene rings is 2. The van der Waals surface area contributed by atoms with Crippen molar-refractivity contribution in [1.29, 1.82) is 0 Å². The molecule has 1 amide bonds. The fraction of sp³-hybridized carbons (Fsp3) is 0.316. The van der Waals surface area contributed by atoms with Gasteiger partial charge in [-0.05, 0) is 44.5 Å². The Balaban J connectivity index is 1.92. The third-order valence-corrected chi connectivity index (χ3v) is 3.75. The van der Waals surface area contributed by atoms with Gasteiger partial charge in [0.05, 0.1) is 0 Å². The Bertz CT molecular complexity index is 653. The lowest BCUT2D eigenvalue weighted by molar-refractivity contribution is 0.0941. The van der Waals surface area contributed by atoms with Crippen LogP contribution in [0.3, 0.4) is 0 Å². The number of anilines is 1. The van der Waals surface area contributed by atoms with Crippen molar-refractivity contribution in [3.63, 3.8) is 0 Å². The summed E-state index contributed by atoms with van der Waals surface area (Å²) in [4.78, 5) is 12.2. The lowest BCUT2D eigenvalue weighted by Crippen LogP contribution is -2.49. The second-order valence-corrected chi connectivity index (χ2v) is 6.47. The smallest absolute Gasteiger partial charge is 0.251 e. The maximum absolute atomic E-state index is 12.2. The Labute approximate surface area is 138 Å². The van der Waals surface area contributed by atoms with Crippen LogP contribution in [0, 0.1) is 0 Å². The Morgan fingerprint density at radius 2 is 1.83 bits per heavy atom. The number of carbonyl (C=O) groups is 1. The van der Waals surface area contributed by atoms with Crippen LogP contribution in [0.15, 0.2) is 54.6 Å². The third kappa shape index (κ3) is 5.11. The molecule has 23 heavy (non-hydrogen) atoms. The fourth-order valence-corrected chi connectivity index (χ4v) is 2.55. The zero-order valence-corrected chi connectivity index (χ0v) is 14.0. The molecule has 0 aliphatic rings. The molecule has 4 heteroatoms. The van der Waals surface area contributed by atoms with Crippen LogP contribution in [0.25, 0.3) is 0 Å². The molecule has 0 spiro atoms. The van der Waals surface area contributed by atoms with E-state index < -0.39 is 0 Å². The number of hydrogen-bond acceptors (Lipinski definition) is 3. The molecule has 122 valence electrons. The standard InChI is InChI=1S/C19H25N3O/c1-14(15-8-5-4-6-9-15)22-19(2,3)13-21-18(23)16-10-7-11-17(20)12-16/h4-12,14,22H,13,20H2,1-3H3,(H,21,23). The van der Waals surface area contributed by atoms with Crippen LogP contribution < -0.4 is 16.4 Å². The Morgan fingerprint density at radius 1 is 1.13 bits per heavy atom. The van der Waals surface area contributed by atoms with Crippen LogP contribution in [0.4, 0.5) is 5.69 Å². The van der Waals surface area contributed by atoms with Gasteiger partial charge in [-0.1, -0.05) is 36.4 Å². The van der Waals surface area contributed by atoms with E-state index in [4.69, 9.17) is 5.73 Å². The van der Waals surface area contributed by atoms with Crippen molar-refractivity contribution in [3.05, 3.63) is 65.7 Å². The molecule has 0 bridgehead atoms. The molecular weight excluding hydrogens is 286 g/mol. The van der Waals surface area contributed by atoms with Crippen molar-refractivity contribution in [1.82, 2.24) is 10.6 Å². The Kier molecular flexibility index (Phi) is 5.40. The van der Waals surface area contributed by atoms with Crippen molar-refractivity contribution in [3.8, 4) is 0 Å². The minimum Gasteiger partial charge on any atom is -0.399 e. The predicted octanol–water partition coefficient (Wildman–Crippen LogP) is 3.13. The van der Waals surface area contributed by atoms with E-state index in [9.17, 15) is 4.79 Å². The van der Waals surface area contributed by atoms with Crippen LogP contribution in [-0.2, 0) is 0 Å². The molecule has 0 aliphatic heterocycles. The molecule has 0 aliphatic carbocycles. The van der Waals surface area contributed by atoms with Gasteiger partial charge in [0.2, 0.25) is 0 Å². The SMILES string of the molecule is CC(NC(C)(C)CNC(=O)c1cccc(N)c1)c1ccccc1. The summed E-state index contributed by atoms with van der Waals surface area (Å²) in [5.74, 6) is -0.112. The van der Waals surface area contributed by atoms with Crippen LogP contribution >= 0.6 is 0 Å². The van der Waals surface area contributed by atoms with Gasteiger partial charge in [0.1, 0.15) is 0 Å². The maximum Gasteiger partial charge on any atom is 0.251 e. The number of nitrogens with one attached hydrogen (secondary N) is 2. The molecular formula is C19H25N3O. The van der Waals surface area contributed by atoms with Gasteiger partial charge >= 0.3 is 0 Å². The van der Waals surface area contributed by atoms with Gasteiger partial charge in [0.15, 0.2) is 0 Å². The molecule has 1 unspecified atom stereocenters. The van der Waals surface area contributed by atoms with Crippen LogP contribution in [0.1, 0.15) is 42.7 Å². The number of amides is 1. The van der Waals surface area contributed by atoms with E-state index >= 15 is 0 Å². The lowest BCUT2D eigenvalue weighted by atomic mass is 10.0. The minimum absolute atomic E-state index is 0.112. The number of nitrogens with two attached hydrogens (primary N) is 1. The average molecular weight is 311 g/mol. The molecule has 2 aromatic rings. The predicted molar refractivity (Wildman–Crippen MR) is 95.3 cm³/mol. The first-order valence-electron chi connectivity index (χ1n) is 7.84. The normalized spacial score (nSPS) is 12.7. The topological polar surface area (TPSA) is 67.1 Å². The van der Waals surface area contributed by atoms with Crippen LogP contribution in [0.5, 0.6) is 0 Å². The van der Waals surface area contributed by atoms with Gasteiger partial charge in [-0.25, -0.2) is 0 Å². The molecule has 0 saturated heterocycles. The molecule has 4 N–H and O–H groups in total. The summed E-state index contributed by atoms with van der Waals surface area (Å²) in [5.41, 5.74) is 7.88. The summed E-state index contributed by atoms with van der Waals surface area (Å²) in [5, 5.41) is 6.52. The van der Waals surface area contributed by atoms with Crippen LogP contribution in [-0.4, -0.2) is 18.0 Å². The number of rotatable bonds is 6. The summed E-state index contributed by atoms with van der Waals surface area (Å²) in [7, 11) is 0. The first-order chi connectivity index (χ1) is 10.9. The molecule has 2 aromatic carbocycles. The molecule has 0 fully saturated rings. The number of carbonyl (C=O) groups excluding carboxylic acids is 1. The molecule has 4 nitrogen and oxygen atoms in total. The Morgan fingerprint density at radius 3 is 2.48 bits per heavy atom. The summed E-state index contributed by atoms with van der Waals surface area (Å²) in [6.07, 6.45) is 0. The van der Waals surface area contributed by atoms with E-state index in [0.717, 1.165) is 0 Å². The highest BCUT2D eigenvalue weighted by Gasteiger charge is 2.21. The first-order valence-corrected chi connectivity index (χ1v) is 7.84. The van der Waals surface area contributed by atoms with Gasteiger partial charge in [-0.15, -0.1) is 0 Å². The summed E-state index contributed by atoms with van der Waals surface area (Å²) in [6.45, 7) is 6.80. The molecule has 0 saturated carbocycles. The fourth-order valence-electron chi connectivity index (χ4n) is 2.55. The second-order valence-electron chi connectivity index (χ2n) is 6.47. The lowest BCUT2D eigenvalue weighted by Gasteiger charge is -2.31. The van der Waals surface area contributed by atoms with E-state index in [-0.39, 0.29) is 17.5 Å². The summed E-state index contributed by atoms with van der Waals surface area (Å²) in [6, 6.07) is 17.5. The van der Waals surface area contributed by atoms with E-state index in [1.807, 2.05) is 18.2 Å². The molecule has 0 heterocycles. The maximum atomic E-state index is 12.2. The first kappa shape index (κ1) is 17.0. The van der Waals surface area contributed by atoms with Gasteiger partial charge in [0, 0.05) is 29.4 Å². The van der Waals surface area contributed by atoms with Crippen molar-refractivity contribution in [2.45, 2.75) is 32.4 Å². The Hall–Kier alpha value is -2.33. The number of nitrogen functional groups attached to an aromatic ring is 1. The highest BCUT2D eigenvalue weighted by molar-refractivity contribution is 5.95. The largest absolute Gasteiger partial charge is 0.399 e. The minimum atomic E-state index is -0.231. The number of hydrogen-bond donors (Lipinski definition) is 3. The van der Waals surface area contributed by atoms with Crippen molar-refractivity contribution in [2.75, 3.05) is 12.3 Å². The summed E-state index contributed by atoms with van der Waals surface area (Å²) < 4.78 is 0. The molecule has 2 rings (SSSR count). The van der Waals surface area contributed by atoms with Gasteiger partial charge in [-0.2, -0.15) is 0 Å². The molecule has 0 radical (unpaired) electrons. The van der Waals surface area contributed by atoms with Crippen molar-refractivity contribution < 1.29 is 4.79 Å². The quantitative estimate of drug-likeness (QED) is 0.718.